The van der Waals surface area contributed by atoms with Gasteiger partial charge in [-0.1, -0.05) is 91.1 Å². The number of rotatable bonds is 6. The van der Waals surface area contributed by atoms with E-state index in [9.17, 15) is 105 Å². The molecule has 0 aliphatic rings. The number of H-pyrrole nitrogens is 1. The van der Waals surface area contributed by atoms with Crippen LogP contribution in [0.25, 0.3) is 0 Å². The Balaban J connectivity index is 0.000000569. The molecule has 0 amide bonds. The van der Waals surface area contributed by atoms with Gasteiger partial charge in [0.2, 0.25) is 6.20 Å². The normalized spacial score (nSPS) is 13.5. The predicted molar refractivity (Wildman–Crippen MR) is 207 cm³/mol. The second kappa shape index (κ2) is 19.1. The van der Waals surface area contributed by atoms with Crippen LogP contribution in [0.2, 0.25) is 0 Å². The first-order chi connectivity index (χ1) is 32.1. The van der Waals surface area contributed by atoms with Gasteiger partial charge in [0.1, 0.15) is 6.15 Å². The summed E-state index contributed by atoms with van der Waals surface area (Å²) in [6.07, 6.45) is -49.2. The lowest BCUT2D eigenvalue weighted by Crippen LogP contribution is -2.75. The number of halogens is 24. The van der Waals surface area contributed by atoms with E-state index in [1.807, 2.05) is 41.4 Å². The molecule has 0 saturated carbocycles. The number of aromatic nitrogens is 2. The Morgan fingerprint density at radius 1 is 0.366 bits per heavy atom. The van der Waals surface area contributed by atoms with Gasteiger partial charge in [0, 0.05) is 6.54 Å². The Morgan fingerprint density at radius 3 is 0.817 bits per heavy atom. The van der Waals surface area contributed by atoms with Crippen molar-refractivity contribution in [2.45, 2.75) is 56.0 Å². The number of nitrogens with one attached hydrogen (secondary N) is 1. The SMILES string of the molecule is FC(F)(F)c1cc([B-](c2cc(C(F)(F)F)cc(C(F)(F)F)c2)(c2cc(C(F)(F)F)cc(C(F)(F)F)c2)c2cc(C(F)(F)F)cc(C(F)(F)F)c2)cc(C(F)(F)F)c1.S=c1c[nH+]ccn1Cc1ccccc1. The number of benzene rings is 5. The largest absolute Gasteiger partial charge is 0.416 e. The highest BCUT2D eigenvalue weighted by molar-refractivity contribution is 7.71. The first-order valence-electron chi connectivity index (χ1n) is 19.1. The third-order valence-electron chi connectivity index (χ3n) is 10.5. The highest BCUT2D eigenvalue weighted by Gasteiger charge is 2.47. The van der Waals surface area contributed by atoms with E-state index in [1.165, 1.54) is 5.56 Å². The van der Waals surface area contributed by atoms with Crippen LogP contribution >= 0.6 is 12.2 Å². The van der Waals surface area contributed by atoms with Crippen LogP contribution in [0.15, 0.2) is 122 Å². The van der Waals surface area contributed by atoms with Gasteiger partial charge in [-0.05, 0) is 29.8 Å². The summed E-state index contributed by atoms with van der Waals surface area (Å²) in [5.74, 6) is 0. The molecule has 0 saturated heterocycles. The van der Waals surface area contributed by atoms with Crippen molar-refractivity contribution in [1.82, 2.24) is 4.57 Å². The molecule has 0 fully saturated rings. The second-order valence-electron chi connectivity index (χ2n) is 15.3. The average Bonchev–Trinajstić information content (AvgIpc) is 3.22. The molecular formula is C43H23BF24N2S. The quantitative estimate of drug-likeness (QED) is 0.0924. The molecule has 1 N–H and O–H groups in total. The molecule has 0 atom stereocenters. The first kappa shape index (κ1) is 55.7. The first-order valence-corrected chi connectivity index (χ1v) is 19.5. The van der Waals surface area contributed by atoms with E-state index < -0.39 is 195 Å². The van der Waals surface area contributed by atoms with Crippen LogP contribution in [0.5, 0.6) is 0 Å². The standard InChI is InChI=1S/C32H12BF24.C11H10N2S/c34-25(35,36)13-1-14(26(37,38)39)6-21(5-13)33(22-7-15(27(40,41)42)2-16(8-22)28(43,44)45,23-9-17(29(46,47)48)3-18(10-23)30(49,50)51)24-11-19(31(52,53)54)4-20(12-24)32(55,56)57;14-11-8-12-6-7-13(11)9-10-4-2-1-3-5-10/h1-12H;1-8H,9H2/q-1;/p+1. The number of hydrogen-bond donors (Lipinski definition) is 0. The Hall–Kier alpha value is -6.22. The van der Waals surface area contributed by atoms with Gasteiger partial charge in [0.25, 0.3) is 0 Å². The molecule has 6 rings (SSSR count). The number of hydrogen-bond acceptors (Lipinski definition) is 1. The minimum absolute atomic E-state index is 0.691. The highest BCUT2D eigenvalue weighted by Crippen LogP contribution is 2.41. The Kier molecular flexibility index (Phi) is 15.0. The summed E-state index contributed by atoms with van der Waals surface area (Å²) in [4.78, 5) is 2.96. The van der Waals surface area contributed by atoms with E-state index in [0.29, 0.717) is 0 Å². The Labute approximate surface area is 387 Å². The third-order valence-corrected chi connectivity index (χ3v) is 10.8. The van der Waals surface area contributed by atoms with Gasteiger partial charge < -0.3 is 4.57 Å². The van der Waals surface area contributed by atoms with E-state index in [0.717, 1.165) is 11.2 Å². The van der Waals surface area contributed by atoms with E-state index in [1.54, 1.807) is 0 Å². The Bertz CT molecular complexity index is 2480. The molecule has 2 nitrogen and oxygen atoms in total. The van der Waals surface area contributed by atoms with Crippen molar-refractivity contribution in [2.24, 2.45) is 0 Å². The van der Waals surface area contributed by atoms with Gasteiger partial charge in [-0.15, -0.1) is 0 Å². The highest BCUT2D eigenvalue weighted by atomic mass is 32.1. The van der Waals surface area contributed by atoms with Crippen molar-refractivity contribution in [3.8, 4) is 0 Å². The molecule has 0 radical (unpaired) electrons. The summed E-state index contributed by atoms with van der Waals surface area (Å²) in [6, 6.07) is 1.47. The van der Waals surface area contributed by atoms with Crippen LogP contribution in [-0.4, -0.2) is 10.7 Å². The minimum Gasteiger partial charge on any atom is -0.324 e. The molecule has 1 aromatic heterocycles. The summed E-state index contributed by atoms with van der Waals surface area (Å²) in [6.45, 7) is 0.828. The molecular weight excluding hydrogens is 1040 g/mol. The maximum absolute atomic E-state index is 14.2. The summed E-state index contributed by atoms with van der Waals surface area (Å²) < 4.78 is 344. The number of aromatic amines is 1. The monoisotopic (exact) mass is 1070 g/mol. The van der Waals surface area contributed by atoms with Crippen LogP contribution in [0.1, 0.15) is 50.1 Å². The average molecular weight is 1070 g/mol. The zero-order chi connectivity index (χ0) is 53.7. The summed E-state index contributed by atoms with van der Waals surface area (Å²) in [5.41, 5.74) is -28.9. The number of alkyl halides is 24. The summed E-state index contributed by atoms with van der Waals surface area (Å²) >= 11 is 5.18. The molecule has 1 heterocycles. The maximum Gasteiger partial charge on any atom is 0.416 e. The minimum atomic E-state index is -6.13. The van der Waals surface area contributed by atoms with E-state index in [4.69, 9.17) is 12.2 Å². The van der Waals surface area contributed by atoms with Crippen LogP contribution in [0.3, 0.4) is 0 Å². The molecule has 382 valence electrons. The third kappa shape index (κ3) is 13.0. The predicted octanol–water partition coefficient (Wildman–Crippen LogP) is 13.3. The molecule has 6 aromatic rings. The molecule has 0 spiro atoms. The van der Waals surface area contributed by atoms with Crippen molar-refractivity contribution >= 4 is 40.2 Å². The topological polar surface area (TPSA) is 19.1 Å². The number of nitrogens with zero attached hydrogens (tertiary/aromatic N) is 1. The van der Waals surface area contributed by atoms with E-state index in [2.05, 4.69) is 17.1 Å². The van der Waals surface area contributed by atoms with Crippen LogP contribution in [0, 0.1) is 4.64 Å². The molecule has 28 heteroatoms. The fraction of sp³-hybridized carbons (Fsp3) is 0.209. The lowest BCUT2D eigenvalue weighted by Gasteiger charge is -2.46. The molecule has 0 unspecified atom stereocenters. The zero-order valence-electron chi connectivity index (χ0n) is 34.3. The van der Waals surface area contributed by atoms with Crippen LogP contribution < -0.4 is 26.8 Å². The zero-order valence-corrected chi connectivity index (χ0v) is 35.1. The fourth-order valence-electron chi connectivity index (χ4n) is 7.39. The second-order valence-corrected chi connectivity index (χ2v) is 15.7. The van der Waals surface area contributed by atoms with Gasteiger partial charge in [-0.25, -0.2) is 4.98 Å². The van der Waals surface area contributed by atoms with Gasteiger partial charge in [0.15, 0.2) is 10.8 Å². The fourth-order valence-corrected chi connectivity index (χ4v) is 7.58. The van der Waals surface area contributed by atoms with Crippen molar-refractivity contribution in [3.05, 3.63) is 176 Å². The van der Waals surface area contributed by atoms with Crippen LogP contribution in [-0.2, 0) is 56.0 Å². The van der Waals surface area contributed by atoms with E-state index in [-0.39, 0.29) is 0 Å². The molecule has 5 aromatic carbocycles. The van der Waals surface area contributed by atoms with Crippen molar-refractivity contribution in [3.63, 3.8) is 0 Å². The van der Waals surface area contributed by atoms with Gasteiger partial charge in [0.05, 0.1) is 50.7 Å². The van der Waals surface area contributed by atoms with Crippen molar-refractivity contribution < 1.29 is 110 Å². The van der Waals surface area contributed by atoms with E-state index >= 15 is 0 Å². The lowest BCUT2D eigenvalue weighted by atomic mass is 9.12. The van der Waals surface area contributed by atoms with Crippen molar-refractivity contribution in [2.75, 3.05) is 0 Å². The van der Waals surface area contributed by atoms with Gasteiger partial charge >= 0.3 is 49.4 Å². The maximum atomic E-state index is 14.2. The van der Waals surface area contributed by atoms with Gasteiger partial charge in [-0.3, -0.25) is 0 Å². The lowest BCUT2D eigenvalue weighted by molar-refractivity contribution is -0.380. The summed E-state index contributed by atoms with van der Waals surface area (Å²) in [7, 11) is 0. The molecule has 0 aliphatic carbocycles. The Morgan fingerprint density at radius 2 is 0.606 bits per heavy atom. The van der Waals surface area contributed by atoms with Crippen LogP contribution in [0.4, 0.5) is 105 Å². The molecule has 0 bridgehead atoms. The van der Waals surface area contributed by atoms with Gasteiger partial charge in [-0.2, -0.15) is 127 Å². The molecule has 0 aliphatic heterocycles. The smallest absolute Gasteiger partial charge is 0.324 e. The molecule has 71 heavy (non-hydrogen) atoms. The summed E-state index contributed by atoms with van der Waals surface area (Å²) in [5, 5.41) is 0. The van der Waals surface area contributed by atoms with Crippen molar-refractivity contribution in [1.29, 1.82) is 0 Å².